The Kier molecular flexibility index (Phi) is 3.84. The predicted octanol–water partition coefficient (Wildman–Crippen LogP) is 4.02. The van der Waals surface area contributed by atoms with Gasteiger partial charge in [-0.1, -0.05) is 39.3 Å². The standard InChI is InChI=1S/C12H22/c1-10(2)8-9-12-7-5-4-6-11(12)3/h5,7,10-12H,4,6,8-9H2,1-3H3. The molecule has 0 aromatic rings. The molecule has 0 aromatic heterocycles. The molecule has 0 nitrogen and oxygen atoms in total. The minimum atomic E-state index is 0.868. The fourth-order valence-corrected chi connectivity index (χ4v) is 1.94. The zero-order valence-electron chi connectivity index (χ0n) is 8.72. The van der Waals surface area contributed by atoms with Crippen molar-refractivity contribution >= 4 is 0 Å². The van der Waals surface area contributed by atoms with Crippen molar-refractivity contribution in [3.8, 4) is 0 Å². The second kappa shape index (κ2) is 4.69. The van der Waals surface area contributed by atoms with Gasteiger partial charge in [0.05, 0.1) is 0 Å². The van der Waals surface area contributed by atoms with Gasteiger partial charge in [-0.05, 0) is 37.0 Å². The second-order valence-corrected chi connectivity index (χ2v) is 4.62. The summed E-state index contributed by atoms with van der Waals surface area (Å²) in [6.07, 6.45) is 10.3. The molecule has 1 rings (SSSR count). The van der Waals surface area contributed by atoms with Crippen LogP contribution in [0.2, 0.25) is 0 Å². The van der Waals surface area contributed by atoms with Crippen LogP contribution in [0.3, 0.4) is 0 Å². The van der Waals surface area contributed by atoms with Gasteiger partial charge in [0.2, 0.25) is 0 Å². The van der Waals surface area contributed by atoms with Crippen LogP contribution in [0.25, 0.3) is 0 Å². The van der Waals surface area contributed by atoms with E-state index in [4.69, 9.17) is 0 Å². The zero-order valence-corrected chi connectivity index (χ0v) is 8.72. The van der Waals surface area contributed by atoms with Crippen LogP contribution in [-0.4, -0.2) is 0 Å². The van der Waals surface area contributed by atoms with Crippen molar-refractivity contribution in [3.63, 3.8) is 0 Å². The van der Waals surface area contributed by atoms with Crippen LogP contribution in [0, 0.1) is 17.8 Å². The summed E-state index contributed by atoms with van der Waals surface area (Å²) in [4.78, 5) is 0. The average Bonchev–Trinajstić information content (AvgIpc) is 2.03. The Balaban J connectivity index is 2.29. The van der Waals surface area contributed by atoms with Crippen molar-refractivity contribution in [2.24, 2.45) is 17.8 Å². The highest BCUT2D eigenvalue weighted by atomic mass is 14.2. The summed E-state index contributed by atoms with van der Waals surface area (Å²) in [5.74, 6) is 2.67. The molecule has 0 radical (unpaired) electrons. The molecular formula is C12H22. The molecule has 0 saturated carbocycles. The molecule has 0 bridgehead atoms. The number of rotatable bonds is 3. The van der Waals surface area contributed by atoms with Crippen molar-refractivity contribution in [1.29, 1.82) is 0 Å². The van der Waals surface area contributed by atoms with E-state index in [0.717, 1.165) is 17.8 Å². The molecule has 0 spiro atoms. The summed E-state index contributed by atoms with van der Waals surface area (Å²) in [5.41, 5.74) is 0. The fraction of sp³-hybridized carbons (Fsp3) is 0.833. The lowest BCUT2D eigenvalue weighted by Gasteiger charge is -2.24. The van der Waals surface area contributed by atoms with Gasteiger partial charge >= 0.3 is 0 Å². The minimum Gasteiger partial charge on any atom is -0.0882 e. The Hall–Kier alpha value is -0.260. The van der Waals surface area contributed by atoms with Gasteiger partial charge < -0.3 is 0 Å². The summed E-state index contributed by atoms with van der Waals surface area (Å²) in [5, 5.41) is 0. The topological polar surface area (TPSA) is 0 Å². The highest BCUT2D eigenvalue weighted by molar-refractivity contribution is 4.95. The number of hydrogen-bond donors (Lipinski definition) is 0. The van der Waals surface area contributed by atoms with E-state index in [1.54, 1.807) is 0 Å². The SMILES string of the molecule is CC(C)CCC1C=CCCC1C. The van der Waals surface area contributed by atoms with Crippen LogP contribution in [-0.2, 0) is 0 Å². The van der Waals surface area contributed by atoms with Crippen LogP contribution in [0.1, 0.15) is 46.5 Å². The van der Waals surface area contributed by atoms with E-state index in [9.17, 15) is 0 Å². The zero-order chi connectivity index (χ0) is 8.97. The van der Waals surface area contributed by atoms with Crippen LogP contribution in [0.4, 0.5) is 0 Å². The number of hydrogen-bond acceptors (Lipinski definition) is 0. The smallest absolute Gasteiger partial charge is 0.0208 e. The molecule has 0 amide bonds. The largest absolute Gasteiger partial charge is 0.0882 e. The second-order valence-electron chi connectivity index (χ2n) is 4.62. The minimum absolute atomic E-state index is 0.868. The van der Waals surface area contributed by atoms with E-state index in [2.05, 4.69) is 32.9 Å². The normalized spacial score (nSPS) is 29.7. The molecule has 0 heterocycles. The first kappa shape index (κ1) is 9.83. The van der Waals surface area contributed by atoms with E-state index in [1.807, 2.05) is 0 Å². The van der Waals surface area contributed by atoms with Crippen molar-refractivity contribution in [3.05, 3.63) is 12.2 Å². The number of allylic oxidation sites excluding steroid dienone is 2. The van der Waals surface area contributed by atoms with Gasteiger partial charge in [-0.3, -0.25) is 0 Å². The van der Waals surface area contributed by atoms with Crippen LogP contribution < -0.4 is 0 Å². The summed E-state index contributed by atoms with van der Waals surface area (Å²) in [7, 11) is 0. The molecule has 0 aliphatic heterocycles. The van der Waals surface area contributed by atoms with Crippen molar-refractivity contribution in [2.45, 2.75) is 46.5 Å². The molecule has 70 valence electrons. The lowest BCUT2D eigenvalue weighted by atomic mass is 9.81. The molecule has 2 unspecified atom stereocenters. The fourth-order valence-electron chi connectivity index (χ4n) is 1.94. The van der Waals surface area contributed by atoms with E-state index in [1.165, 1.54) is 25.7 Å². The van der Waals surface area contributed by atoms with Gasteiger partial charge in [0, 0.05) is 0 Å². The molecule has 1 aliphatic carbocycles. The maximum Gasteiger partial charge on any atom is -0.0208 e. The molecule has 0 fully saturated rings. The quantitative estimate of drug-likeness (QED) is 0.555. The molecule has 0 N–H and O–H groups in total. The summed E-state index contributed by atoms with van der Waals surface area (Å²) >= 11 is 0. The molecule has 12 heavy (non-hydrogen) atoms. The van der Waals surface area contributed by atoms with Crippen LogP contribution >= 0.6 is 0 Å². The molecule has 2 atom stereocenters. The van der Waals surface area contributed by atoms with E-state index in [-0.39, 0.29) is 0 Å². The summed E-state index contributed by atoms with van der Waals surface area (Å²) < 4.78 is 0. The van der Waals surface area contributed by atoms with Crippen LogP contribution in [0.5, 0.6) is 0 Å². The van der Waals surface area contributed by atoms with Crippen molar-refractivity contribution < 1.29 is 0 Å². The van der Waals surface area contributed by atoms with Crippen molar-refractivity contribution in [2.75, 3.05) is 0 Å². The Morgan fingerprint density at radius 2 is 2.17 bits per heavy atom. The molecular weight excluding hydrogens is 144 g/mol. The van der Waals surface area contributed by atoms with Gasteiger partial charge in [0.1, 0.15) is 0 Å². The third kappa shape index (κ3) is 3.00. The van der Waals surface area contributed by atoms with Crippen molar-refractivity contribution in [1.82, 2.24) is 0 Å². The van der Waals surface area contributed by atoms with Gasteiger partial charge in [0.25, 0.3) is 0 Å². The molecule has 1 aliphatic rings. The lowest BCUT2D eigenvalue weighted by molar-refractivity contribution is 0.342. The molecule has 0 saturated heterocycles. The molecule has 0 heteroatoms. The summed E-state index contributed by atoms with van der Waals surface area (Å²) in [6, 6.07) is 0. The maximum absolute atomic E-state index is 2.44. The Morgan fingerprint density at radius 1 is 1.42 bits per heavy atom. The third-order valence-corrected chi connectivity index (χ3v) is 2.98. The average molecular weight is 166 g/mol. The van der Waals surface area contributed by atoms with Gasteiger partial charge in [-0.15, -0.1) is 0 Å². The highest BCUT2D eigenvalue weighted by Gasteiger charge is 2.16. The highest BCUT2D eigenvalue weighted by Crippen LogP contribution is 2.28. The van der Waals surface area contributed by atoms with E-state index in [0.29, 0.717) is 0 Å². The third-order valence-electron chi connectivity index (χ3n) is 2.98. The van der Waals surface area contributed by atoms with Gasteiger partial charge in [-0.25, -0.2) is 0 Å². The Morgan fingerprint density at radius 3 is 2.75 bits per heavy atom. The molecule has 0 aromatic carbocycles. The lowest BCUT2D eigenvalue weighted by Crippen LogP contribution is -2.13. The van der Waals surface area contributed by atoms with E-state index < -0.39 is 0 Å². The monoisotopic (exact) mass is 166 g/mol. The predicted molar refractivity (Wildman–Crippen MR) is 55.1 cm³/mol. The van der Waals surface area contributed by atoms with Gasteiger partial charge in [-0.2, -0.15) is 0 Å². The first-order chi connectivity index (χ1) is 5.70. The first-order valence-corrected chi connectivity index (χ1v) is 5.37. The van der Waals surface area contributed by atoms with E-state index >= 15 is 0 Å². The summed E-state index contributed by atoms with van der Waals surface area (Å²) in [6.45, 7) is 7.03. The van der Waals surface area contributed by atoms with Crippen LogP contribution in [0.15, 0.2) is 12.2 Å². The van der Waals surface area contributed by atoms with Gasteiger partial charge in [0.15, 0.2) is 0 Å². The first-order valence-electron chi connectivity index (χ1n) is 5.37. The Bertz CT molecular complexity index is 144. The Labute approximate surface area is 77.1 Å². The maximum atomic E-state index is 2.44.